The molecule has 30 heavy (non-hydrogen) atoms. The Morgan fingerprint density at radius 2 is 1.83 bits per heavy atom. The average molecular weight is 463 g/mol. The molecular weight excluding hydrogens is 443 g/mol. The number of ether oxygens (including phenoxy) is 2. The largest absolute Gasteiger partial charge is 0.479 e. The highest BCUT2D eigenvalue weighted by Gasteiger charge is 2.41. The zero-order chi connectivity index (χ0) is 22.7. The number of rotatable bonds is 6. The van der Waals surface area contributed by atoms with Gasteiger partial charge in [-0.2, -0.15) is 0 Å². The summed E-state index contributed by atoms with van der Waals surface area (Å²) in [6, 6.07) is 0.278. The molecule has 1 N–H and O–H groups in total. The lowest BCUT2D eigenvalue weighted by Crippen LogP contribution is -2.62. The maximum absolute atomic E-state index is 14.6. The SMILES string of the molecule is COC(=O)CNC(=O)C(C)Oc1cc(N2C(=O)N(C)C(S)N(C)C2=O)c(F)cc1Cl. The third-order valence-electron chi connectivity index (χ3n) is 4.23. The van der Waals surface area contributed by atoms with Crippen LogP contribution < -0.4 is 15.0 Å². The number of carbonyl (C=O) groups is 4. The van der Waals surface area contributed by atoms with E-state index in [0.717, 1.165) is 21.9 Å². The van der Waals surface area contributed by atoms with E-state index in [1.54, 1.807) is 0 Å². The second kappa shape index (κ2) is 9.39. The molecule has 1 heterocycles. The van der Waals surface area contributed by atoms with E-state index < -0.39 is 47.0 Å². The van der Waals surface area contributed by atoms with Crippen molar-refractivity contribution in [3.63, 3.8) is 0 Å². The smallest absolute Gasteiger partial charge is 0.334 e. The molecule has 13 heteroatoms. The van der Waals surface area contributed by atoms with Gasteiger partial charge in [-0.15, -0.1) is 12.6 Å². The van der Waals surface area contributed by atoms with Crippen LogP contribution in [0.25, 0.3) is 0 Å². The van der Waals surface area contributed by atoms with E-state index in [0.29, 0.717) is 4.90 Å². The molecule has 5 amide bonds. The first-order chi connectivity index (χ1) is 14.0. The Bertz CT molecular complexity index is 866. The second-order valence-electron chi connectivity index (χ2n) is 6.26. The second-order valence-corrected chi connectivity index (χ2v) is 7.13. The van der Waals surface area contributed by atoms with Crippen molar-refractivity contribution in [2.75, 3.05) is 32.6 Å². The van der Waals surface area contributed by atoms with Gasteiger partial charge in [-0.1, -0.05) is 11.6 Å². The number of halogens is 2. The number of methoxy groups -OCH3 is 1. The number of urea groups is 2. The maximum Gasteiger partial charge on any atom is 0.334 e. The summed E-state index contributed by atoms with van der Waals surface area (Å²) in [7, 11) is 3.96. The van der Waals surface area contributed by atoms with Crippen molar-refractivity contribution in [2.45, 2.75) is 18.5 Å². The van der Waals surface area contributed by atoms with E-state index in [4.69, 9.17) is 16.3 Å². The minimum Gasteiger partial charge on any atom is -0.479 e. The van der Waals surface area contributed by atoms with E-state index in [1.807, 2.05) is 0 Å². The minimum atomic E-state index is -1.13. The van der Waals surface area contributed by atoms with Crippen LogP contribution in [-0.2, 0) is 14.3 Å². The van der Waals surface area contributed by atoms with Crippen LogP contribution in [0.4, 0.5) is 19.7 Å². The number of carbonyl (C=O) groups excluding carboxylic acids is 4. The minimum absolute atomic E-state index is 0.146. The molecule has 1 unspecified atom stereocenters. The Morgan fingerprint density at radius 1 is 1.27 bits per heavy atom. The van der Waals surface area contributed by atoms with Crippen molar-refractivity contribution in [1.29, 1.82) is 0 Å². The number of thiol groups is 1. The van der Waals surface area contributed by atoms with Crippen LogP contribution in [0.3, 0.4) is 0 Å². The molecule has 10 nitrogen and oxygen atoms in total. The van der Waals surface area contributed by atoms with Crippen LogP contribution in [0.15, 0.2) is 12.1 Å². The first-order valence-corrected chi connectivity index (χ1v) is 9.41. The summed E-state index contributed by atoms with van der Waals surface area (Å²) < 4.78 is 24.5. The van der Waals surface area contributed by atoms with Crippen molar-refractivity contribution in [3.05, 3.63) is 23.0 Å². The Morgan fingerprint density at radius 3 is 2.37 bits per heavy atom. The molecule has 1 saturated heterocycles. The highest BCUT2D eigenvalue weighted by Crippen LogP contribution is 2.35. The Kier molecular flexibility index (Phi) is 7.37. The Labute approximate surface area is 182 Å². The lowest BCUT2D eigenvalue weighted by Gasteiger charge is -2.41. The Balaban J connectivity index is 2.29. The molecular formula is C17H20ClFN4O6S. The fourth-order valence-electron chi connectivity index (χ4n) is 2.46. The van der Waals surface area contributed by atoms with Gasteiger partial charge in [0.15, 0.2) is 11.6 Å². The van der Waals surface area contributed by atoms with E-state index in [2.05, 4.69) is 22.7 Å². The predicted molar refractivity (Wildman–Crippen MR) is 108 cm³/mol. The number of hydrogen-bond donors (Lipinski definition) is 2. The molecule has 164 valence electrons. The topological polar surface area (TPSA) is 108 Å². The number of amides is 5. The zero-order valence-electron chi connectivity index (χ0n) is 16.5. The van der Waals surface area contributed by atoms with E-state index in [-0.39, 0.29) is 17.3 Å². The van der Waals surface area contributed by atoms with Gasteiger partial charge in [0.05, 0.1) is 17.8 Å². The van der Waals surface area contributed by atoms with Crippen LogP contribution in [0.1, 0.15) is 6.92 Å². The number of hydrogen-bond acceptors (Lipinski definition) is 7. The molecule has 1 aromatic rings. The summed E-state index contributed by atoms with van der Waals surface area (Å²) in [5.74, 6) is -2.41. The van der Waals surface area contributed by atoms with Crippen molar-refractivity contribution >= 4 is 53.9 Å². The van der Waals surface area contributed by atoms with Crippen LogP contribution in [-0.4, -0.2) is 73.1 Å². The first-order valence-electron chi connectivity index (χ1n) is 8.51. The fraction of sp³-hybridized carbons (Fsp3) is 0.412. The number of nitrogens with one attached hydrogen (secondary N) is 1. The van der Waals surface area contributed by atoms with Gasteiger partial charge >= 0.3 is 18.0 Å². The quantitative estimate of drug-likeness (QED) is 0.492. The fourth-order valence-corrected chi connectivity index (χ4v) is 2.85. The predicted octanol–water partition coefficient (Wildman–Crippen LogP) is 1.67. The summed E-state index contributed by atoms with van der Waals surface area (Å²) in [6.45, 7) is 1.00. The summed E-state index contributed by atoms with van der Waals surface area (Å²) in [6.07, 6.45) is -1.13. The molecule has 2 rings (SSSR count). The molecule has 0 radical (unpaired) electrons. The molecule has 0 spiro atoms. The van der Waals surface area contributed by atoms with Crippen molar-refractivity contribution in [1.82, 2.24) is 15.1 Å². The maximum atomic E-state index is 14.6. The molecule has 1 atom stereocenters. The van der Waals surface area contributed by atoms with E-state index in [9.17, 15) is 23.6 Å². The van der Waals surface area contributed by atoms with Gasteiger partial charge < -0.3 is 14.8 Å². The molecule has 1 aliphatic heterocycles. The van der Waals surface area contributed by atoms with Gasteiger partial charge in [0.25, 0.3) is 5.91 Å². The third-order valence-corrected chi connectivity index (χ3v) is 5.22. The normalized spacial score (nSPS) is 15.9. The summed E-state index contributed by atoms with van der Waals surface area (Å²) in [5.41, 5.74) is -1.24. The Hall–Kier alpha value is -2.73. The van der Waals surface area contributed by atoms with Crippen LogP contribution in [0.5, 0.6) is 5.75 Å². The number of anilines is 1. The number of benzene rings is 1. The number of nitrogens with zero attached hydrogens (tertiary/aromatic N) is 3. The summed E-state index contributed by atoms with van der Waals surface area (Å²) in [5, 5.41) is 2.11. The van der Waals surface area contributed by atoms with Crippen molar-refractivity contribution in [3.8, 4) is 5.75 Å². The molecule has 0 aliphatic carbocycles. The third kappa shape index (κ3) is 4.70. The number of imide groups is 1. The summed E-state index contributed by atoms with van der Waals surface area (Å²) in [4.78, 5) is 51.1. The lowest BCUT2D eigenvalue weighted by molar-refractivity contribution is -0.141. The van der Waals surface area contributed by atoms with Gasteiger partial charge in [-0.05, 0) is 13.0 Å². The lowest BCUT2D eigenvalue weighted by atomic mass is 10.2. The van der Waals surface area contributed by atoms with E-state index >= 15 is 0 Å². The molecule has 1 fully saturated rings. The zero-order valence-corrected chi connectivity index (χ0v) is 18.2. The van der Waals surface area contributed by atoms with Gasteiger partial charge in [-0.3, -0.25) is 19.4 Å². The number of esters is 1. The first kappa shape index (κ1) is 23.5. The molecule has 0 aromatic heterocycles. The molecule has 1 aromatic carbocycles. The van der Waals surface area contributed by atoms with Crippen molar-refractivity contribution < 1.29 is 33.0 Å². The van der Waals surface area contributed by atoms with Gasteiger partial charge in [0.2, 0.25) is 0 Å². The van der Waals surface area contributed by atoms with Gasteiger partial charge in [-0.25, -0.2) is 18.9 Å². The highest BCUT2D eigenvalue weighted by molar-refractivity contribution is 7.80. The van der Waals surface area contributed by atoms with Gasteiger partial charge in [0.1, 0.15) is 18.1 Å². The average Bonchev–Trinajstić information content (AvgIpc) is 2.71. The molecule has 0 saturated carbocycles. The monoisotopic (exact) mass is 462 g/mol. The highest BCUT2D eigenvalue weighted by atomic mass is 35.5. The molecule has 1 aliphatic rings. The standard InChI is InChI=1S/C17H20ClFN4O6S/c1-8(14(25)20-7-13(24)28-4)29-12-6-11(10(19)5-9(12)18)23-15(26)21(2)17(30)22(3)16(23)27/h5-6,8,17,30H,7H2,1-4H3,(H,20,25). The van der Waals surface area contributed by atoms with Crippen LogP contribution in [0.2, 0.25) is 5.02 Å². The van der Waals surface area contributed by atoms with Gasteiger partial charge in [0, 0.05) is 20.2 Å². The van der Waals surface area contributed by atoms with Crippen molar-refractivity contribution in [2.24, 2.45) is 0 Å². The van der Waals surface area contributed by atoms with Crippen LogP contribution >= 0.6 is 24.2 Å². The van der Waals surface area contributed by atoms with Crippen LogP contribution in [0, 0.1) is 5.82 Å². The van der Waals surface area contributed by atoms with E-state index in [1.165, 1.54) is 28.1 Å². The summed E-state index contributed by atoms with van der Waals surface area (Å²) >= 11 is 10.2. The molecule has 0 bridgehead atoms.